The third-order valence-corrected chi connectivity index (χ3v) is 2.14. The zero-order valence-electron chi connectivity index (χ0n) is 4.93. The monoisotopic (exact) mass is 158 g/mol. The summed E-state index contributed by atoms with van der Waals surface area (Å²) in [5.74, 6) is 0. The van der Waals surface area contributed by atoms with Gasteiger partial charge in [0.05, 0.1) is 4.34 Å². The molecule has 0 N–H and O–H groups in total. The fourth-order valence-electron chi connectivity index (χ4n) is 0.619. The van der Waals surface area contributed by atoms with Crippen LogP contribution in [0, 0.1) is 0 Å². The van der Waals surface area contributed by atoms with Gasteiger partial charge < -0.3 is 0 Å². The molecule has 48 valence electrons. The molecule has 0 unspecified atom stereocenters. The molecule has 1 aromatic rings. The summed E-state index contributed by atoms with van der Waals surface area (Å²) < 4.78 is 0.854. The highest BCUT2D eigenvalue weighted by Gasteiger charge is 1.92. The lowest BCUT2D eigenvalue weighted by Crippen LogP contribution is -1.69. The van der Waals surface area contributed by atoms with E-state index in [0.29, 0.717) is 0 Å². The lowest BCUT2D eigenvalue weighted by atomic mass is 10.2. The van der Waals surface area contributed by atoms with E-state index in [0.717, 1.165) is 10.8 Å². The summed E-state index contributed by atoms with van der Waals surface area (Å²) >= 11 is 7.24. The molecule has 0 radical (unpaired) electrons. The Kier molecular flexibility index (Phi) is 2.31. The van der Waals surface area contributed by atoms with E-state index in [2.05, 4.69) is 6.58 Å². The van der Waals surface area contributed by atoms with Crippen molar-refractivity contribution in [1.29, 1.82) is 0 Å². The molecule has 0 spiro atoms. The highest BCUT2D eigenvalue weighted by atomic mass is 35.5. The van der Waals surface area contributed by atoms with Gasteiger partial charge in [0, 0.05) is 0 Å². The Hall–Kier alpha value is -0.270. The largest absolute Gasteiger partial charge is 0.132 e. The lowest BCUT2D eigenvalue weighted by molar-refractivity contribution is 1.31. The summed E-state index contributed by atoms with van der Waals surface area (Å²) in [4.78, 5) is 0. The van der Waals surface area contributed by atoms with Gasteiger partial charge >= 0.3 is 0 Å². The second-order valence-electron chi connectivity index (χ2n) is 1.75. The summed E-state index contributed by atoms with van der Waals surface area (Å²) in [6, 6.07) is 1.97. The average molecular weight is 159 g/mol. The van der Waals surface area contributed by atoms with Crippen molar-refractivity contribution in [1.82, 2.24) is 0 Å². The maximum atomic E-state index is 5.68. The molecule has 0 bridgehead atoms. The van der Waals surface area contributed by atoms with E-state index >= 15 is 0 Å². The molecule has 0 aliphatic heterocycles. The molecule has 1 heterocycles. The molecular formula is C7H7ClS. The molecule has 0 aliphatic rings. The van der Waals surface area contributed by atoms with E-state index in [1.54, 1.807) is 11.3 Å². The van der Waals surface area contributed by atoms with Crippen molar-refractivity contribution >= 4 is 22.9 Å². The van der Waals surface area contributed by atoms with Crippen molar-refractivity contribution in [2.75, 3.05) is 0 Å². The third kappa shape index (κ3) is 1.84. The highest BCUT2D eigenvalue weighted by molar-refractivity contribution is 7.14. The van der Waals surface area contributed by atoms with E-state index in [1.807, 2.05) is 17.5 Å². The summed E-state index contributed by atoms with van der Waals surface area (Å²) in [6.07, 6.45) is 2.79. The van der Waals surface area contributed by atoms with E-state index in [1.165, 1.54) is 5.56 Å². The van der Waals surface area contributed by atoms with Crippen LogP contribution < -0.4 is 0 Å². The predicted octanol–water partition coefficient (Wildman–Crippen LogP) is 3.13. The SMILES string of the molecule is C=CCc1csc(Cl)c1. The van der Waals surface area contributed by atoms with Gasteiger partial charge in [-0.15, -0.1) is 17.9 Å². The fraction of sp³-hybridized carbons (Fsp3) is 0.143. The summed E-state index contributed by atoms with van der Waals surface area (Å²) in [7, 11) is 0. The molecule has 9 heavy (non-hydrogen) atoms. The van der Waals surface area contributed by atoms with Gasteiger partial charge in [0.1, 0.15) is 0 Å². The Balaban J connectivity index is 2.72. The van der Waals surface area contributed by atoms with E-state index < -0.39 is 0 Å². The number of rotatable bonds is 2. The molecule has 0 aliphatic carbocycles. The van der Waals surface area contributed by atoms with Crippen molar-refractivity contribution in [2.24, 2.45) is 0 Å². The van der Waals surface area contributed by atoms with E-state index in [-0.39, 0.29) is 0 Å². The molecule has 0 saturated carbocycles. The second kappa shape index (κ2) is 3.04. The van der Waals surface area contributed by atoms with Crippen molar-refractivity contribution in [3.8, 4) is 0 Å². The van der Waals surface area contributed by atoms with Crippen LogP contribution in [0.1, 0.15) is 5.56 Å². The highest BCUT2D eigenvalue weighted by Crippen LogP contribution is 2.19. The first-order valence-corrected chi connectivity index (χ1v) is 3.92. The van der Waals surface area contributed by atoms with Crippen LogP contribution in [0.25, 0.3) is 0 Å². The van der Waals surface area contributed by atoms with Crippen LogP contribution in [-0.4, -0.2) is 0 Å². The van der Waals surface area contributed by atoms with Crippen LogP contribution in [-0.2, 0) is 6.42 Å². The van der Waals surface area contributed by atoms with Crippen LogP contribution >= 0.6 is 22.9 Å². The van der Waals surface area contributed by atoms with Crippen molar-refractivity contribution in [3.05, 3.63) is 34.0 Å². The Morgan fingerprint density at radius 3 is 3.00 bits per heavy atom. The van der Waals surface area contributed by atoms with Gasteiger partial charge in [-0.1, -0.05) is 17.7 Å². The quantitative estimate of drug-likeness (QED) is 0.581. The molecular weight excluding hydrogens is 152 g/mol. The van der Waals surface area contributed by atoms with Gasteiger partial charge in [0.2, 0.25) is 0 Å². The molecule has 0 atom stereocenters. The van der Waals surface area contributed by atoms with Crippen molar-refractivity contribution in [2.45, 2.75) is 6.42 Å². The molecule has 0 amide bonds. The maximum Gasteiger partial charge on any atom is 0.0931 e. The van der Waals surface area contributed by atoms with Gasteiger partial charge in [-0.3, -0.25) is 0 Å². The molecule has 0 saturated heterocycles. The third-order valence-electron chi connectivity index (χ3n) is 1.00. The van der Waals surface area contributed by atoms with Crippen LogP contribution in [0.5, 0.6) is 0 Å². The zero-order chi connectivity index (χ0) is 6.69. The molecule has 0 aromatic carbocycles. The van der Waals surface area contributed by atoms with Crippen LogP contribution in [0.2, 0.25) is 4.34 Å². The van der Waals surface area contributed by atoms with Crippen molar-refractivity contribution < 1.29 is 0 Å². The van der Waals surface area contributed by atoms with Crippen LogP contribution in [0.15, 0.2) is 24.1 Å². The number of allylic oxidation sites excluding steroid dienone is 1. The number of halogens is 1. The molecule has 2 heteroatoms. The predicted molar refractivity (Wildman–Crippen MR) is 43.2 cm³/mol. The average Bonchev–Trinajstić information content (AvgIpc) is 2.17. The van der Waals surface area contributed by atoms with Crippen LogP contribution in [0.4, 0.5) is 0 Å². The van der Waals surface area contributed by atoms with Gasteiger partial charge in [-0.2, -0.15) is 0 Å². The van der Waals surface area contributed by atoms with Gasteiger partial charge in [0.15, 0.2) is 0 Å². The smallest absolute Gasteiger partial charge is 0.0931 e. The number of hydrogen-bond acceptors (Lipinski definition) is 1. The Bertz CT molecular complexity index is 202. The fourth-order valence-corrected chi connectivity index (χ4v) is 1.54. The molecule has 1 rings (SSSR count). The zero-order valence-corrected chi connectivity index (χ0v) is 6.50. The van der Waals surface area contributed by atoms with Gasteiger partial charge in [-0.05, 0) is 23.4 Å². The minimum atomic E-state index is 0.854. The standard InChI is InChI=1S/C7H7ClS/c1-2-3-6-4-7(8)9-5-6/h2,4-5H,1,3H2. The molecule has 1 aromatic heterocycles. The lowest BCUT2D eigenvalue weighted by Gasteiger charge is -1.82. The Morgan fingerprint density at radius 1 is 1.78 bits per heavy atom. The summed E-state index contributed by atoms with van der Waals surface area (Å²) in [5.41, 5.74) is 1.25. The summed E-state index contributed by atoms with van der Waals surface area (Å²) in [5, 5.41) is 2.05. The van der Waals surface area contributed by atoms with E-state index in [4.69, 9.17) is 11.6 Å². The van der Waals surface area contributed by atoms with Gasteiger partial charge in [-0.25, -0.2) is 0 Å². The Labute approximate surface area is 63.8 Å². The second-order valence-corrected chi connectivity index (χ2v) is 3.29. The minimum absolute atomic E-state index is 0.854. The number of thiophene rings is 1. The molecule has 0 nitrogen and oxygen atoms in total. The first-order chi connectivity index (χ1) is 4.33. The van der Waals surface area contributed by atoms with Gasteiger partial charge in [0.25, 0.3) is 0 Å². The Morgan fingerprint density at radius 2 is 2.56 bits per heavy atom. The summed E-state index contributed by atoms with van der Waals surface area (Å²) in [6.45, 7) is 3.63. The van der Waals surface area contributed by atoms with Crippen LogP contribution in [0.3, 0.4) is 0 Å². The number of hydrogen-bond donors (Lipinski definition) is 0. The molecule has 0 fully saturated rings. The first-order valence-electron chi connectivity index (χ1n) is 2.66. The normalized spacial score (nSPS) is 9.44. The minimum Gasteiger partial charge on any atom is -0.132 e. The first kappa shape index (κ1) is 6.84. The maximum absolute atomic E-state index is 5.68. The topological polar surface area (TPSA) is 0 Å². The van der Waals surface area contributed by atoms with Crippen molar-refractivity contribution in [3.63, 3.8) is 0 Å². The van der Waals surface area contributed by atoms with E-state index in [9.17, 15) is 0 Å².